The van der Waals surface area contributed by atoms with E-state index in [2.05, 4.69) is 44.7 Å². The second-order valence-corrected chi connectivity index (χ2v) is 18.3. The SMILES string of the molecule is CNC(=O)CCC(C=O)N(C)Cc1cc(C2CCN(CC3CCN(C4C=C(S(=O)N5CCC(NC(=O)OC(C)(C)C)CC5)C=CC4)CC3)CC2)ccc1C=O. The van der Waals surface area contributed by atoms with Crippen LogP contribution in [0.25, 0.3) is 0 Å². The van der Waals surface area contributed by atoms with Crippen molar-refractivity contribution in [2.45, 2.75) is 115 Å². The number of allylic oxidation sites excluding steroid dienone is 1. The number of nitrogens with one attached hydrogen (secondary N) is 2. The lowest BCUT2D eigenvalue weighted by molar-refractivity contribution is -0.121. The number of alkyl carbamates (subject to hydrolysis) is 1. The molecule has 2 amide bonds. The van der Waals surface area contributed by atoms with E-state index in [1.54, 1.807) is 7.05 Å². The molecule has 5 rings (SSSR count). The van der Waals surface area contributed by atoms with E-state index in [9.17, 15) is 23.4 Å². The number of piperidine rings is 3. The van der Waals surface area contributed by atoms with Crippen molar-refractivity contribution in [3.63, 3.8) is 0 Å². The number of ether oxygens (including phenoxy) is 1. The highest BCUT2D eigenvalue weighted by Crippen LogP contribution is 2.32. The third-order valence-electron chi connectivity index (χ3n) is 11.7. The first-order chi connectivity index (χ1) is 26.3. The van der Waals surface area contributed by atoms with Crippen LogP contribution >= 0.6 is 0 Å². The first-order valence-corrected chi connectivity index (χ1v) is 21.4. The lowest BCUT2D eigenvalue weighted by Gasteiger charge is -2.40. The minimum Gasteiger partial charge on any atom is -0.444 e. The number of likely N-dealkylation sites (tertiary alicyclic amines) is 2. The van der Waals surface area contributed by atoms with Crippen molar-refractivity contribution in [3.05, 3.63) is 58.0 Å². The summed E-state index contributed by atoms with van der Waals surface area (Å²) >= 11 is 0. The van der Waals surface area contributed by atoms with Crippen LogP contribution in [0.1, 0.15) is 106 Å². The largest absolute Gasteiger partial charge is 0.444 e. The number of amides is 2. The summed E-state index contributed by atoms with van der Waals surface area (Å²) in [6.45, 7) is 12.7. The van der Waals surface area contributed by atoms with Crippen molar-refractivity contribution >= 4 is 35.6 Å². The summed E-state index contributed by atoms with van der Waals surface area (Å²) < 4.78 is 21.0. The maximum Gasteiger partial charge on any atom is 0.407 e. The van der Waals surface area contributed by atoms with E-state index in [1.165, 1.54) is 18.4 Å². The number of likely N-dealkylation sites (N-methyl/N-ethyl adjacent to an activating group) is 1. The van der Waals surface area contributed by atoms with Gasteiger partial charge >= 0.3 is 6.09 Å². The van der Waals surface area contributed by atoms with Gasteiger partial charge in [-0.3, -0.25) is 19.4 Å². The van der Waals surface area contributed by atoms with Crippen LogP contribution in [0.2, 0.25) is 0 Å². The van der Waals surface area contributed by atoms with Gasteiger partial charge in [-0.15, -0.1) is 0 Å². The zero-order valence-electron chi connectivity index (χ0n) is 33.7. The van der Waals surface area contributed by atoms with Gasteiger partial charge < -0.3 is 25.1 Å². The van der Waals surface area contributed by atoms with Crippen LogP contribution in [0.5, 0.6) is 0 Å². The molecule has 13 heteroatoms. The normalized spacial score (nSPS) is 22.5. The summed E-state index contributed by atoms with van der Waals surface area (Å²) in [6.07, 6.45) is 15.5. The molecule has 3 unspecified atom stereocenters. The van der Waals surface area contributed by atoms with Gasteiger partial charge in [-0.05, 0) is 140 Å². The number of carbonyl (C=O) groups excluding carboxylic acids is 4. The first kappa shape index (κ1) is 42.9. The molecule has 1 aliphatic carbocycles. The number of hydrogen-bond donors (Lipinski definition) is 2. The highest BCUT2D eigenvalue weighted by molar-refractivity contribution is 7.86. The zero-order chi connectivity index (χ0) is 39.5. The number of carbonyl (C=O) groups is 4. The van der Waals surface area contributed by atoms with Crippen LogP contribution < -0.4 is 10.6 Å². The van der Waals surface area contributed by atoms with Crippen LogP contribution in [-0.4, -0.2) is 131 Å². The fourth-order valence-electron chi connectivity index (χ4n) is 8.39. The Kier molecular flexibility index (Phi) is 15.8. The van der Waals surface area contributed by atoms with Crippen molar-refractivity contribution in [1.82, 2.24) is 29.6 Å². The van der Waals surface area contributed by atoms with E-state index in [0.29, 0.717) is 43.5 Å². The predicted octanol–water partition coefficient (Wildman–Crippen LogP) is 4.78. The van der Waals surface area contributed by atoms with Gasteiger partial charge in [0.05, 0.1) is 10.9 Å². The number of benzene rings is 1. The molecule has 3 aliphatic heterocycles. The molecule has 0 aromatic heterocycles. The average molecular weight is 781 g/mol. The molecule has 0 radical (unpaired) electrons. The molecule has 3 atom stereocenters. The molecular weight excluding hydrogens is 717 g/mol. The molecule has 3 heterocycles. The molecule has 0 saturated carbocycles. The molecule has 3 saturated heterocycles. The summed E-state index contributed by atoms with van der Waals surface area (Å²) in [6, 6.07) is 6.07. The van der Waals surface area contributed by atoms with Crippen molar-refractivity contribution in [2.75, 3.05) is 59.9 Å². The predicted molar refractivity (Wildman–Crippen MR) is 217 cm³/mol. The minimum absolute atomic E-state index is 0.0328. The van der Waals surface area contributed by atoms with Crippen molar-refractivity contribution in [1.29, 1.82) is 0 Å². The second kappa shape index (κ2) is 20.3. The van der Waals surface area contributed by atoms with Gasteiger partial charge in [0.1, 0.15) is 29.2 Å². The molecule has 0 bridgehead atoms. The lowest BCUT2D eigenvalue weighted by atomic mass is 9.86. The molecule has 12 nitrogen and oxygen atoms in total. The molecule has 3 fully saturated rings. The highest BCUT2D eigenvalue weighted by atomic mass is 32.2. The number of nitrogens with zero attached hydrogens (tertiary/aromatic N) is 4. The maximum absolute atomic E-state index is 13.6. The smallest absolute Gasteiger partial charge is 0.407 e. The molecule has 55 heavy (non-hydrogen) atoms. The third-order valence-corrected chi connectivity index (χ3v) is 13.2. The molecule has 0 spiro atoms. The van der Waals surface area contributed by atoms with Crippen molar-refractivity contribution in [3.8, 4) is 0 Å². The zero-order valence-corrected chi connectivity index (χ0v) is 34.5. The summed E-state index contributed by atoms with van der Waals surface area (Å²) in [5, 5.41) is 5.58. The van der Waals surface area contributed by atoms with E-state index in [4.69, 9.17) is 4.74 Å². The van der Waals surface area contributed by atoms with Gasteiger partial charge in [0, 0.05) is 57.3 Å². The van der Waals surface area contributed by atoms with E-state index in [0.717, 1.165) is 87.9 Å². The second-order valence-electron chi connectivity index (χ2n) is 16.8. The Bertz CT molecular complexity index is 1550. The lowest BCUT2D eigenvalue weighted by Crippen LogP contribution is -2.47. The van der Waals surface area contributed by atoms with Crippen molar-refractivity contribution < 1.29 is 28.1 Å². The van der Waals surface area contributed by atoms with Crippen LogP contribution in [0.15, 0.2) is 41.3 Å². The standard InChI is InChI=1S/C42H64N6O6S/c1-42(2,3)54-41(52)44-36-17-23-48(24-18-36)55(53)39-8-6-7-37(26-39)47-21-13-31(14-22-47)27-46-19-15-32(16-20-46)33-9-10-34(29-49)35(25-33)28-45(5)38(30-50)11-12-40(51)43-4/h6,8-10,25-26,29-32,36-38H,7,11-24,27-28H2,1-5H3,(H,43,51)(H,44,52). The van der Waals surface area contributed by atoms with Gasteiger partial charge in [0.2, 0.25) is 5.91 Å². The fourth-order valence-corrected chi connectivity index (χ4v) is 9.72. The van der Waals surface area contributed by atoms with E-state index in [1.807, 2.05) is 49.2 Å². The maximum atomic E-state index is 13.6. The Morgan fingerprint density at radius 3 is 2.36 bits per heavy atom. The Morgan fingerprint density at radius 1 is 1.02 bits per heavy atom. The van der Waals surface area contributed by atoms with Gasteiger partial charge in [-0.1, -0.05) is 24.3 Å². The van der Waals surface area contributed by atoms with E-state index in [-0.39, 0.29) is 30.5 Å². The van der Waals surface area contributed by atoms with Crippen LogP contribution in [-0.2, 0) is 31.9 Å². The topological polar surface area (TPSA) is 132 Å². The number of aldehydes is 2. The van der Waals surface area contributed by atoms with Crippen molar-refractivity contribution in [2.24, 2.45) is 5.92 Å². The number of rotatable bonds is 15. The fraction of sp³-hybridized carbons (Fsp3) is 0.667. The van der Waals surface area contributed by atoms with Gasteiger partial charge in [0.25, 0.3) is 0 Å². The van der Waals surface area contributed by atoms with E-state index >= 15 is 0 Å². The minimum atomic E-state index is -1.21. The Labute approximate surface area is 331 Å². The van der Waals surface area contributed by atoms with Gasteiger partial charge in [0.15, 0.2) is 0 Å². The van der Waals surface area contributed by atoms with Gasteiger partial charge in [-0.2, -0.15) is 0 Å². The van der Waals surface area contributed by atoms with Crippen LogP contribution in [0, 0.1) is 5.92 Å². The highest BCUT2D eigenvalue weighted by Gasteiger charge is 2.31. The summed E-state index contributed by atoms with van der Waals surface area (Å²) in [5.41, 5.74) is 2.29. The monoisotopic (exact) mass is 780 g/mol. The third kappa shape index (κ3) is 12.6. The van der Waals surface area contributed by atoms with E-state index < -0.39 is 22.6 Å². The summed E-state index contributed by atoms with van der Waals surface area (Å²) in [5.74, 6) is 1.01. The Balaban J connectivity index is 1.04. The molecule has 1 aromatic rings. The first-order valence-electron chi connectivity index (χ1n) is 20.3. The summed E-state index contributed by atoms with van der Waals surface area (Å²) in [7, 11) is 2.25. The quantitative estimate of drug-likeness (QED) is 0.242. The summed E-state index contributed by atoms with van der Waals surface area (Å²) in [4.78, 5) is 55.7. The average Bonchev–Trinajstić information content (AvgIpc) is 3.18. The Morgan fingerprint density at radius 2 is 1.73 bits per heavy atom. The van der Waals surface area contributed by atoms with Crippen LogP contribution in [0.3, 0.4) is 0 Å². The van der Waals surface area contributed by atoms with Gasteiger partial charge in [-0.25, -0.2) is 13.3 Å². The molecule has 2 N–H and O–H groups in total. The van der Waals surface area contributed by atoms with Crippen LogP contribution in [0.4, 0.5) is 4.79 Å². The molecule has 1 aromatic carbocycles. The molecular formula is C42H64N6O6S. The molecule has 304 valence electrons. The Hall–Kier alpha value is -3.23. The number of hydrogen-bond acceptors (Lipinski definition) is 9. The molecule has 4 aliphatic rings.